The van der Waals surface area contributed by atoms with E-state index in [9.17, 15) is 0 Å². The topological polar surface area (TPSA) is 35.0 Å². The summed E-state index contributed by atoms with van der Waals surface area (Å²) in [7, 11) is 0. The Balaban J connectivity index is 2.18. The number of hydrogen-bond acceptors (Lipinski definition) is 3. The minimum atomic E-state index is 0.159. The number of fused-ring (bicyclic) bond motifs is 1. The minimum absolute atomic E-state index is 0.159. The van der Waals surface area contributed by atoms with E-state index in [1.54, 1.807) is 0 Å². The van der Waals surface area contributed by atoms with Crippen molar-refractivity contribution < 1.29 is 4.74 Å². The SMILES string of the molecule is C1CCOc2[se]nnc2CC1. The molecule has 0 spiro atoms. The van der Waals surface area contributed by atoms with Gasteiger partial charge in [0.05, 0.1) is 0 Å². The third kappa shape index (κ3) is 1.63. The van der Waals surface area contributed by atoms with Gasteiger partial charge in [-0.05, 0) is 0 Å². The summed E-state index contributed by atoms with van der Waals surface area (Å²) in [6, 6.07) is 0. The van der Waals surface area contributed by atoms with E-state index in [4.69, 9.17) is 4.74 Å². The van der Waals surface area contributed by atoms with E-state index in [1.165, 1.54) is 19.3 Å². The van der Waals surface area contributed by atoms with Gasteiger partial charge in [0.2, 0.25) is 0 Å². The van der Waals surface area contributed by atoms with Gasteiger partial charge >= 0.3 is 71.3 Å². The number of ether oxygens (including phenoxy) is 1. The molecule has 60 valence electrons. The van der Waals surface area contributed by atoms with Crippen LogP contribution in [0.1, 0.15) is 25.0 Å². The van der Waals surface area contributed by atoms with Crippen molar-refractivity contribution in [3.05, 3.63) is 5.69 Å². The van der Waals surface area contributed by atoms with Crippen LogP contribution >= 0.6 is 0 Å². The Morgan fingerprint density at radius 2 is 2.27 bits per heavy atom. The third-order valence-corrected chi connectivity index (χ3v) is 3.24. The van der Waals surface area contributed by atoms with Crippen molar-refractivity contribution in [2.45, 2.75) is 25.7 Å². The molecular weight excluding hydrogens is 207 g/mol. The van der Waals surface area contributed by atoms with E-state index in [0.717, 1.165) is 23.3 Å². The summed E-state index contributed by atoms with van der Waals surface area (Å²) in [5.74, 6) is 0. The van der Waals surface area contributed by atoms with Crippen LogP contribution in [0.2, 0.25) is 0 Å². The number of aryl methyl sites for hydroxylation is 1. The van der Waals surface area contributed by atoms with Gasteiger partial charge in [0.15, 0.2) is 0 Å². The van der Waals surface area contributed by atoms with Gasteiger partial charge < -0.3 is 0 Å². The Labute approximate surface area is 71.7 Å². The molecule has 0 saturated carbocycles. The molecule has 0 amide bonds. The van der Waals surface area contributed by atoms with Crippen LogP contribution in [0.5, 0.6) is 4.62 Å². The van der Waals surface area contributed by atoms with Crippen molar-refractivity contribution in [3.8, 4) is 4.62 Å². The number of nitrogens with zero attached hydrogens (tertiary/aromatic N) is 2. The maximum absolute atomic E-state index is 5.53. The second-order valence-electron chi connectivity index (χ2n) is 2.67. The van der Waals surface area contributed by atoms with Crippen LogP contribution in [0.4, 0.5) is 0 Å². The fraction of sp³-hybridized carbons (Fsp3) is 0.714. The summed E-state index contributed by atoms with van der Waals surface area (Å²) < 4.78 is 10.6. The molecule has 1 aliphatic heterocycles. The fourth-order valence-electron chi connectivity index (χ4n) is 1.20. The first-order chi connectivity index (χ1) is 5.47. The van der Waals surface area contributed by atoms with Crippen LogP contribution in [0.3, 0.4) is 0 Å². The first-order valence-electron chi connectivity index (χ1n) is 3.91. The molecule has 2 rings (SSSR count). The molecule has 1 aromatic heterocycles. The summed E-state index contributed by atoms with van der Waals surface area (Å²) in [5, 5.41) is 4.07. The summed E-state index contributed by atoms with van der Waals surface area (Å²) in [6.07, 6.45) is 4.77. The van der Waals surface area contributed by atoms with E-state index in [2.05, 4.69) is 9.19 Å². The van der Waals surface area contributed by atoms with E-state index in [1.807, 2.05) is 0 Å². The molecule has 0 aliphatic carbocycles. The maximum atomic E-state index is 5.53. The summed E-state index contributed by atoms with van der Waals surface area (Å²) in [6.45, 7) is 0.867. The molecule has 0 saturated heterocycles. The summed E-state index contributed by atoms with van der Waals surface area (Å²) in [4.78, 5) is 0. The van der Waals surface area contributed by atoms with Crippen LogP contribution in [0.25, 0.3) is 0 Å². The zero-order valence-corrected chi connectivity index (χ0v) is 7.96. The van der Waals surface area contributed by atoms with Gasteiger partial charge in [0.25, 0.3) is 0 Å². The quantitative estimate of drug-likeness (QED) is 0.598. The molecule has 0 bridgehead atoms. The monoisotopic (exact) mass is 218 g/mol. The number of rotatable bonds is 0. The molecule has 0 fully saturated rings. The molecule has 11 heavy (non-hydrogen) atoms. The Morgan fingerprint density at radius 1 is 1.27 bits per heavy atom. The van der Waals surface area contributed by atoms with Crippen LogP contribution in [-0.2, 0) is 6.42 Å². The van der Waals surface area contributed by atoms with Crippen molar-refractivity contribution >= 4 is 14.7 Å². The third-order valence-electron chi connectivity index (χ3n) is 1.81. The van der Waals surface area contributed by atoms with Gasteiger partial charge in [-0.2, -0.15) is 0 Å². The molecule has 0 unspecified atom stereocenters. The van der Waals surface area contributed by atoms with Gasteiger partial charge in [0.1, 0.15) is 0 Å². The molecule has 4 heteroatoms. The van der Waals surface area contributed by atoms with E-state index >= 15 is 0 Å². The molecule has 3 nitrogen and oxygen atoms in total. The zero-order chi connectivity index (χ0) is 7.52. The van der Waals surface area contributed by atoms with Crippen LogP contribution in [0, 0.1) is 0 Å². The van der Waals surface area contributed by atoms with Crippen LogP contribution in [0.15, 0.2) is 0 Å². The average Bonchev–Trinajstić information content (AvgIpc) is 2.35. The standard InChI is InChI=1S/C7H10N2OSe/c1-2-4-6-7(10-5-3-1)11-9-8-6/h1-5H2. The van der Waals surface area contributed by atoms with Crippen molar-refractivity contribution in [1.29, 1.82) is 0 Å². The molecule has 1 aromatic rings. The van der Waals surface area contributed by atoms with Gasteiger partial charge in [-0.25, -0.2) is 0 Å². The molecular formula is C7H10N2OSe. The first kappa shape index (κ1) is 7.32. The Kier molecular flexibility index (Phi) is 2.24. The number of hydrogen-bond donors (Lipinski definition) is 0. The van der Waals surface area contributed by atoms with E-state index in [0.29, 0.717) is 0 Å². The van der Waals surface area contributed by atoms with Gasteiger partial charge in [-0.1, -0.05) is 0 Å². The predicted octanol–water partition coefficient (Wildman–Crippen LogP) is 0.639. The molecule has 0 aromatic carbocycles. The predicted molar refractivity (Wildman–Crippen MR) is 42.0 cm³/mol. The summed E-state index contributed by atoms with van der Waals surface area (Å²) >= 11 is 0.159. The molecule has 0 N–H and O–H groups in total. The van der Waals surface area contributed by atoms with Crippen molar-refractivity contribution in [1.82, 2.24) is 9.19 Å². The van der Waals surface area contributed by atoms with E-state index < -0.39 is 0 Å². The zero-order valence-electron chi connectivity index (χ0n) is 6.25. The van der Waals surface area contributed by atoms with Gasteiger partial charge in [-0.3, -0.25) is 0 Å². The Hall–Kier alpha value is -0.341. The summed E-state index contributed by atoms with van der Waals surface area (Å²) in [5.41, 5.74) is 1.12. The van der Waals surface area contributed by atoms with E-state index in [-0.39, 0.29) is 14.7 Å². The molecule has 2 heterocycles. The second-order valence-corrected chi connectivity index (χ2v) is 4.17. The van der Waals surface area contributed by atoms with Gasteiger partial charge in [-0.15, -0.1) is 0 Å². The average molecular weight is 217 g/mol. The first-order valence-corrected chi connectivity index (χ1v) is 5.53. The normalized spacial score (nSPS) is 17.8. The second kappa shape index (κ2) is 3.37. The van der Waals surface area contributed by atoms with Crippen molar-refractivity contribution in [3.63, 3.8) is 0 Å². The van der Waals surface area contributed by atoms with Crippen LogP contribution in [-0.4, -0.2) is 30.5 Å². The molecule has 0 radical (unpaired) electrons. The van der Waals surface area contributed by atoms with Gasteiger partial charge in [0, 0.05) is 0 Å². The van der Waals surface area contributed by atoms with Crippen molar-refractivity contribution in [2.75, 3.05) is 6.61 Å². The van der Waals surface area contributed by atoms with Crippen molar-refractivity contribution in [2.24, 2.45) is 0 Å². The molecule has 0 atom stereocenters. The Bertz CT molecular complexity index is 214. The fourth-order valence-corrected chi connectivity index (χ4v) is 2.45. The number of aromatic nitrogens is 2. The Morgan fingerprint density at radius 3 is 3.27 bits per heavy atom. The molecule has 1 aliphatic rings. The van der Waals surface area contributed by atoms with Crippen LogP contribution < -0.4 is 4.74 Å².